The molecule has 0 aromatic carbocycles. The molecule has 2 aliphatic rings. The lowest BCUT2D eigenvalue weighted by molar-refractivity contribution is 0.0834. The van der Waals surface area contributed by atoms with E-state index >= 15 is 0 Å². The van der Waals surface area contributed by atoms with Crippen molar-refractivity contribution in [2.75, 3.05) is 44.0 Å². The van der Waals surface area contributed by atoms with Crippen LogP contribution in [-0.4, -0.2) is 67.9 Å². The van der Waals surface area contributed by atoms with Crippen LogP contribution in [0.1, 0.15) is 39.0 Å². The fraction of sp³-hybridized carbons (Fsp3) is 0.700. The number of carbonyl (C=O) groups is 1. The van der Waals surface area contributed by atoms with E-state index in [0.29, 0.717) is 6.04 Å². The number of hydrogen-bond acceptors (Lipinski definition) is 5. The second-order valence-electron chi connectivity index (χ2n) is 7.85. The Labute approximate surface area is 162 Å². The highest BCUT2D eigenvalue weighted by Gasteiger charge is 2.26. The summed E-state index contributed by atoms with van der Waals surface area (Å²) in [7, 11) is 3.97. The van der Waals surface area contributed by atoms with Crippen molar-refractivity contribution in [1.82, 2.24) is 15.2 Å². The summed E-state index contributed by atoms with van der Waals surface area (Å²) in [5, 5.41) is 6.70. The third kappa shape index (κ3) is 5.48. The average Bonchev–Trinajstić information content (AvgIpc) is 3.09. The molecule has 1 aromatic rings. The van der Waals surface area contributed by atoms with Crippen LogP contribution >= 0.6 is 0 Å². The standard InChI is InChI=1S/C20H33N5O2/c1-15(18-7-5-13-27-18)22-20(26)25-11-4-6-16(10-12-25)23-17-8-9-19(21-14-17)24(2)3/h8-9,14-16,18,23H,4-7,10-13H2,1-3H3,(H,22,26). The molecular formula is C20H33N5O2. The molecule has 0 radical (unpaired) electrons. The topological polar surface area (TPSA) is 69.7 Å². The normalized spacial score (nSPS) is 24.2. The minimum absolute atomic E-state index is 0.0376. The summed E-state index contributed by atoms with van der Waals surface area (Å²) < 4.78 is 5.68. The van der Waals surface area contributed by atoms with Crippen LogP contribution in [0.5, 0.6) is 0 Å². The van der Waals surface area contributed by atoms with Gasteiger partial charge in [0.2, 0.25) is 0 Å². The first-order valence-electron chi connectivity index (χ1n) is 10.1. The summed E-state index contributed by atoms with van der Waals surface area (Å²) >= 11 is 0. The average molecular weight is 376 g/mol. The van der Waals surface area contributed by atoms with E-state index in [-0.39, 0.29) is 18.2 Å². The molecule has 2 N–H and O–H groups in total. The quantitative estimate of drug-likeness (QED) is 0.828. The number of anilines is 2. The van der Waals surface area contributed by atoms with E-state index in [2.05, 4.69) is 21.7 Å². The van der Waals surface area contributed by atoms with Gasteiger partial charge in [-0.15, -0.1) is 0 Å². The zero-order valence-corrected chi connectivity index (χ0v) is 16.8. The summed E-state index contributed by atoms with van der Waals surface area (Å²) in [5.74, 6) is 0.949. The number of nitrogens with zero attached hydrogens (tertiary/aromatic N) is 3. The van der Waals surface area contributed by atoms with Gasteiger partial charge < -0.3 is 25.2 Å². The summed E-state index contributed by atoms with van der Waals surface area (Å²) in [6.45, 7) is 4.43. The van der Waals surface area contributed by atoms with Crippen LogP contribution in [0.4, 0.5) is 16.3 Å². The molecule has 0 saturated carbocycles. The lowest BCUT2D eigenvalue weighted by Crippen LogP contribution is -2.48. The molecule has 3 heterocycles. The van der Waals surface area contributed by atoms with Gasteiger partial charge in [0.1, 0.15) is 5.82 Å². The molecule has 2 saturated heterocycles. The second-order valence-corrected chi connectivity index (χ2v) is 7.85. The Balaban J connectivity index is 1.47. The van der Waals surface area contributed by atoms with Crippen LogP contribution in [-0.2, 0) is 4.74 Å². The van der Waals surface area contributed by atoms with Gasteiger partial charge in [0.05, 0.1) is 24.0 Å². The predicted molar refractivity (Wildman–Crippen MR) is 108 cm³/mol. The van der Waals surface area contributed by atoms with Crippen molar-refractivity contribution in [2.45, 2.75) is 57.2 Å². The monoisotopic (exact) mass is 375 g/mol. The van der Waals surface area contributed by atoms with E-state index < -0.39 is 0 Å². The van der Waals surface area contributed by atoms with E-state index in [4.69, 9.17) is 4.74 Å². The van der Waals surface area contributed by atoms with Gasteiger partial charge in [-0.1, -0.05) is 0 Å². The van der Waals surface area contributed by atoms with Crippen molar-refractivity contribution >= 4 is 17.5 Å². The number of rotatable bonds is 5. The molecule has 2 aliphatic heterocycles. The first kappa shape index (κ1) is 19.7. The van der Waals surface area contributed by atoms with Crippen LogP contribution in [0.2, 0.25) is 0 Å². The third-order valence-electron chi connectivity index (χ3n) is 5.47. The number of amides is 2. The van der Waals surface area contributed by atoms with E-state index in [1.54, 1.807) is 0 Å². The smallest absolute Gasteiger partial charge is 0.317 e. The van der Waals surface area contributed by atoms with Crippen molar-refractivity contribution in [2.24, 2.45) is 0 Å². The zero-order valence-electron chi connectivity index (χ0n) is 16.8. The van der Waals surface area contributed by atoms with E-state index in [1.807, 2.05) is 43.1 Å². The van der Waals surface area contributed by atoms with Gasteiger partial charge in [-0.05, 0) is 51.2 Å². The highest BCUT2D eigenvalue weighted by molar-refractivity contribution is 5.74. The Kier molecular flexibility index (Phi) is 6.77. The van der Waals surface area contributed by atoms with E-state index in [0.717, 1.165) is 63.3 Å². The fourth-order valence-electron chi connectivity index (χ4n) is 3.79. The number of urea groups is 1. The van der Waals surface area contributed by atoms with Crippen molar-refractivity contribution in [3.8, 4) is 0 Å². The highest BCUT2D eigenvalue weighted by Crippen LogP contribution is 2.19. The number of ether oxygens (including phenoxy) is 1. The maximum absolute atomic E-state index is 12.6. The Morgan fingerprint density at radius 3 is 2.78 bits per heavy atom. The van der Waals surface area contributed by atoms with Crippen molar-refractivity contribution in [1.29, 1.82) is 0 Å². The molecule has 27 heavy (non-hydrogen) atoms. The summed E-state index contributed by atoms with van der Waals surface area (Å²) in [4.78, 5) is 21.0. The SMILES string of the molecule is CC(NC(=O)N1CCCC(Nc2ccc(N(C)C)nc2)CC1)C1CCCO1. The number of pyridine rings is 1. The zero-order chi connectivity index (χ0) is 19.2. The van der Waals surface area contributed by atoms with Crippen LogP contribution in [0.3, 0.4) is 0 Å². The minimum Gasteiger partial charge on any atom is -0.381 e. The first-order valence-corrected chi connectivity index (χ1v) is 10.1. The summed E-state index contributed by atoms with van der Waals surface area (Å²) in [6.07, 6.45) is 7.17. The van der Waals surface area contributed by atoms with Gasteiger partial charge in [-0.25, -0.2) is 9.78 Å². The van der Waals surface area contributed by atoms with Gasteiger partial charge in [0.25, 0.3) is 0 Å². The maximum Gasteiger partial charge on any atom is 0.317 e. The molecular weight excluding hydrogens is 342 g/mol. The molecule has 0 bridgehead atoms. The maximum atomic E-state index is 12.6. The minimum atomic E-state index is 0.0376. The van der Waals surface area contributed by atoms with E-state index in [1.165, 1.54) is 0 Å². The van der Waals surface area contributed by atoms with Crippen LogP contribution < -0.4 is 15.5 Å². The van der Waals surface area contributed by atoms with Gasteiger partial charge in [0.15, 0.2) is 0 Å². The molecule has 1 aromatic heterocycles. The van der Waals surface area contributed by atoms with Gasteiger partial charge in [-0.2, -0.15) is 0 Å². The highest BCUT2D eigenvalue weighted by atomic mass is 16.5. The molecule has 3 rings (SSSR count). The molecule has 3 unspecified atom stereocenters. The van der Waals surface area contributed by atoms with Crippen LogP contribution in [0, 0.1) is 0 Å². The molecule has 150 valence electrons. The number of nitrogens with one attached hydrogen (secondary N) is 2. The number of likely N-dealkylation sites (tertiary alicyclic amines) is 1. The second kappa shape index (κ2) is 9.26. The lowest BCUT2D eigenvalue weighted by atomic mass is 10.1. The number of carbonyl (C=O) groups excluding carboxylic acids is 1. The number of hydrogen-bond donors (Lipinski definition) is 2. The van der Waals surface area contributed by atoms with Crippen molar-refractivity contribution in [3.63, 3.8) is 0 Å². The largest absolute Gasteiger partial charge is 0.381 e. The molecule has 2 amide bonds. The van der Waals surface area contributed by atoms with Crippen molar-refractivity contribution in [3.05, 3.63) is 18.3 Å². The van der Waals surface area contributed by atoms with Gasteiger partial charge >= 0.3 is 6.03 Å². The Morgan fingerprint density at radius 1 is 1.26 bits per heavy atom. The van der Waals surface area contributed by atoms with Crippen LogP contribution in [0.15, 0.2) is 18.3 Å². The predicted octanol–water partition coefficient (Wildman–Crippen LogP) is 2.69. The third-order valence-corrected chi connectivity index (χ3v) is 5.47. The Bertz CT molecular complexity index is 601. The molecule has 0 aliphatic carbocycles. The molecule has 7 heteroatoms. The van der Waals surface area contributed by atoms with Crippen molar-refractivity contribution < 1.29 is 9.53 Å². The summed E-state index contributed by atoms with van der Waals surface area (Å²) in [5.41, 5.74) is 1.04. The number of aromatic nitrogens is 1. The molecule has 0 spiro atoms. The molecule has 2 fully saturated rings. The molecule has 7 nitrogen and oxygen atoms in total. The Hall–Kier alpha value is -2.02. The van der Waals surface area contributed by atoms with Gasteiger partial charge in [0, 0.05) is 39.8 Å². The van der Waals surface area contributed by atoms with E-state index in [9.17, 15) is 4.79 Å². The van der Waals surface area contributed by atoms with Crippen LogP contribution in [0.25, 0.3) is 0 Å². The Morgan fingerprint density at radius 2 is 2.11 bits per heavy atom. The fourth-order valence-corrected chi connectivity index (χ4v) is 3.79. The van der Waals surface area contributed by atoms with Gasteiger partial charge in [-0.3, -0.25) is 0 Å². The lowest BCUT2D eigenvalue weighted by Gasteiger charge is -2.26. The first-order chi connectivity index (χ1) is 13.0. The molecule has 3 atom stereocenters. The summed E-state index contributed by atoms with van der Waals surface area (Å²) in [6, 6.07) is 4.56.